The van der Waals surface area contributed by atoms with E-state index in [9.17, 15) is 22.8 Å². The van der Waals surface area contributed by atoms with Crippen LogP contribution in [0.3, 0.4) is 0 Å². The van der Waals surface area contributed by atoms with Crippen molar-refractivity contribution in [2.45, 2.75) is 74.8 Å². The lowest BCUT2D eigenvalue weighted by atomic mass is 10.1. The predicted molar refractivity (Wildman–Crippen MR) is 150 cm³/mol. The number of nitrogens with zero attached hydrogens (tertiary/aromatic N) is 2. The molecule has 2 heterocycles. The predicted octanol–water partition coefficient (Wildman–Crippen LogP) is 3.91. The van der Waals surface area contributed by atoms with Crippen molar-refractivity contribution in [2.75, 3.05) is 6.54 Å². The van der Waals surface area contributed by atoms with Crippen LogP contribution in [0.5, 0.6) is 0 Å². The van der Waals surface area contributed by atoms with Gasteiger partial charge in [0.2, 0.25) is 10.0 Å². The fourth-order valence-corrected chi connectivity index (χ4v) is 8.34. The lowest BCUT2D eigenvalue weighted by Gasteiger charge is -2.28. The number of nitrogens with one attached hydrogen (secondary N) is 1. The first kappa shape index (κ1) is 27.5. The molecule has 1 N–H and O–H groups in total. The molecule has 1 unspecified atom stereocenters. The summed E-state index contributed by atoms with van der Waals surface area (Å²) in [5.74, 6) is -0.427. The smallest absolute Gasteiger partial charge is 0.407 e. The van der Waals surface area contributed by atoms with Gasteiger partial charge in [-0.05, 0) is 55.9 Å². The summed E-state index contributed by atoms with van der Waals surface area (Å²) in [6.45, 7) is 0.155. The van der Waals surface area contributed by atoms with Crippen molar-refractivity contribution in [1.29, 1.82) is 0 Å². The Kier molecular flexibility index (Phi) is 7.33. The first-order chi connectivity index (χ1) is 19.8. The maximum atomic E-state index is 14.0. The van der Waals surface area contributed by atoms with Gasteiger partial charge in [0.05, 0.1) is 22.4 Å². The van der Waals surface area contributed by atoms with Gasteiger partial charge >= 0.3 is 12.1 Å². The van der Waals surface area contributed by atoms with Gasteiger partial charge < -0.3 is 14.8 Å². The van der Waals surface area contributed by atoms with Crippen LogP contribution in [0.25, 0.3) is 10.8 Å². The Morgan fingerprint density at radius 2 is 1.68 bits per heavy atom. The molecule has 11 heteroatoms. The topological polar surface area (TPSA) is 124 Å². The average molecular weight is 580 g/mol. The van der Waals surface area contributed by atoms with Gasteiger partial charge in [0.1, 0.15) is 6.61 Å². The number of amides is 1. The van der Waals surface area contributed by atoms with Crippen molar-refractivity contribution in [3.05, 3.63) is 76.7 Å². The molecule has 1 aliphatic heterocycles. The maximum absolute atomic E-state index is 14.0. The van der Waals surface area contributed by atoms with Crippen LogP contribution in [-0.4, -0.2) is 47.5 Å². The van der Waals surface area contributed by atoms with Crippen LogP contribution in [0.1, 0.15) is 50.5 Å². The largest absolute Gasteiger partial charge is 0.445 e. The van der Waals surface area contributed by atoms with E-state index in [2.05, 4.69) is 5.32 Å². The highest BCUT2D eigenvalue weighted by Crippen LogP contribution is 2.52. The summed E-state index contributed by atoms with van der Waals surface area (Å²) in [6.07, 6.45) is 6.20. The molecule has 2 aliphatic carbocycles. The van der Waals surface area contributed by atoms with E-state index < -0.39 is 27.2 Å². The first-order valence-electron chi connectivity index (χ1n) is 14.1. The van der Waals surface area contributed by atoms with Crippen molar-refractivity contribution in [3.8, 4) is 0 Å². The summed E-state index contributed by atoms with van der Waals surface area (Å²) in [6, 6.07) is 15.2. The number of benzene rings is 2. The molecule has 3 aliphatic rings. The van der Waals surface area contributed by atoms with Gasteiger partial charge in [-0.15, -0.1) is 0 Å². The molecule has 0 bridgehead atoms. The van der Waals surface area contributed by atoms with Gasteiger partial charge in [0, 0.05) is 23.5 Å². The summed E-state index contributed by atoms with van der Waals surface area (Å²) < 4.78 is 41.5. The molecular weight excluding hydrogens is 546 g/mol. The number of sulfonamides is 1. The first-order valence-corrected chi connectivity index (χ1v) is 15.5. The summed E-state index contributed by atoms with van der Waals surface area (Å²) >= 11 is 0. The van der Waals surface area contributed by atoms with Crippen molar-refractivity contribution < 1.29 is 27.5 Å². The second-order valence-corrected chi connectivity index (χ2v) is 12.9. The molecule has 2 aromatic carbocycles. The minimum Gasteiger partial charge on any atom is -0.445 e. The van der Waals surface area contributed by atoms with E-state index >= 15 is 0 Å². The molecule has 0 radical (unpaired) electrons. The van der Waals surface area contributed by atoms with E-state index in [1.54, 1.807) is 18.2 Å². The molecule has 1 spiro atoms. The van der Waals surface area contributed by atoms with Crippen molar-refractivity contribution in [1.82, 2.24) is 14.2 Å². The van der Waals surface area contributed by atoms with Crippen molar-refractivity contribution >= 4 is 32.9 Å². The Bertz CT molecular complexity index is 1630. The van der Waals surface area contributed by atoms with E-state index in [1.165, 1.54) is 21.1 Å². The molecule has 10 nitrogen and oxygen atoms in total. The molecule has 216 valence electrons. The summed E-state index contributed by atoms with van der Waals surface area (Å²) in [7, 11) is -3.99. The Morgan fingerprint density at radius 1 is 0.927 bits per heavy atom. The van der Waals surface area contributed by atoms with Gasteiger partial charge in [0.25, 0.3) is 5.56 Å². The normalized spacial score (nSPS) is 20.3. The summed E-state index contributed by atoms with van der Waals surface area (Å²) in [5, 5.41) is 3.43. The zero-order valence-corrected chi connectivity index (χ0v) is 23.5. The third-order valence-electron chi connectivity index (χ3n) is 8.61. The molecule has 1 aromatic heterocycles. The van der Waals surface area contributed by atoms with Crippen LogP contribution in [0.15, 0.2) is 70.5 Å². The van der Waals surface area contributed by atoms with E-state index in [4.69, 9.17) is 9.47 Å². The molecular formula is C30H33N3O7S. The summed E-state index contributed by atoms with van der Waals surface area (Å²) in [5.41, 5.74) is -0.278. The highest BCUT2D eigenvalue weighted by atomic mass is 32.2. The third-order valence-corrected chi connectivity index (χ3v) is 10.7. The molecule has 1 atom stereocenters. The quantitative estimate of drug-likeness (QED) is 0.401. The van der Waals surface area contributed by atoms with E-state index in [-0.39, 0.29) is 48.1 Å². The maximum Gasteiger partial charge on any atom is 0.407 e. The van der Waals surface area contributed by atoms with Crippen LogP contribution in [0.2, 0.25) is 0 Å². The van der Waals surface area contributed by atoms with Crippen LogP contribution < -0.4 is 10.9 Å². The van der Waals surface area contributed by atoms with Gasteiger partial charge in [-0.1, -0.05) is 49.2 Å². The highest BCUT2D eigenvalue weighted by Gasteiger charge is 2.62. The minimum atomic E-state index is -3.99. The van der Waals surface area contributed by atoms with Gasteiger partial charge in [-0.2, -0.15) is 4.31 Å². The number of hydrogen-bond donors (Lipinski definition) is 1. The van der Waals surface area contributed by atoms with Gasteiger partial charge in [-0.25, -0.2) is 13.2 Å². The minimum absolute atomic E-state index is 0.0424. The number of fused-ring (bicyclic) bond motifs is 1. The molecule has 6 rings (SSSR count). The van der Waals surface area contributed by atoms with Gasteiger partial charge in [-0.3, -0.25) is 14.2 Å². The Hall–Kier alpha value is -3.70. The zero-order valence-electron chi connectivity index (χ0n) is 22.7. The Labute approximate surface area is 238 Å². The number of hydrogen-bond acceptors (Lipinski definition) is 7. The van der Waals surface area contributed by atoms with Crippen LogP contribution in [0, 0.1) is 5.92 Å². The molecule has 41 heavy (non-hydrogen) atoms. The van der Waals surface area contributed by atoms with E-state index in [0.29, 0.717) is 24.6 Å². The molecule has 1 amide bonds. The second kappa shape index (κ2) is 10.9. The molecule has 3 aromatic rings. The van der Waals surface area contributed by atoms with E-state index in [1.807, 2.05) is 30.3 Å². The lowest BCUT2D eigenvalue weighted by molar-refractivity contribution is -0.152. The fourth-order valence-electron chi connectivity index (χ4n) is 6.26. The number of rotatable bonds is 8. The van der Waals surface area contributed by atoms with Crippen LogP contribution in [-0.2, 0) is 37.6 Å². The van der Waals surface area contributed by atoms with Crippen LogP contribution >= 0.6 is 0 Å². The zero-order chi connectivity index (χ0) is 28.6. The van der Waals surface area contributed by atoms with Crippen LogP contribution in [0.4, 0.5) is 4.79 Å². The summed E-state index contributed by atoms with van der Waals surface area (Å²) in [4.78, 5) is 38.2. The number of aromatic nitrogens is 1. The monoisotopic (exact) mass is 579 g/mol. The SMILES string of the molecule is O=C(NC1CCN(S(=O)(=O)c2cccc3c(=O)n(COC(=O)C4CCCC4)ccc23)C12CC2)OCc1ccccc1. The Morgan fingerprint density at radius 3 is 2.41 bits per heavy atom. The number of carbonyl (C=O) groups is 2. The molecule has 1 saturated heterocycles. The standard InChI is InChI=1S/C30H33N3O7S/c34-27-24-11-6-12-25(23(24)13-17-32(27)20-40-28(35)22-9-4-5-10-22)41(37,38)33-18-14-26(30(33)15-16-30)31-29(36)39-19-21-7-2-1-3-8-21/h1-3,6-8,11-13,17,22,26H,4-5,9-10,14-16,18-20H2,(H,31,36). The number of alkyl carbamates (subject to hydrolysis) is 1. The van der Waals surface area contributed by atoms with Crippen molar-refractivity contribution in [2.24, 2.45) is 5.92 Å². The van der Waals surface area contributed by atoms with Gasteiger partial charge in [0.15, 0.2) is 6.73 Å². The Balaban J connectivity index is 1.18. The van der Waals surface area contributed by atoms with E-state index in [0.717, 1.165) is 31.2 Å². The lowest BCUT2D eigenvalue weighted by Crippen LogP contribution is -2.48. The highest BCUT2D eigenvalue weighted by molar-refractivity contribution is 7.89. The second-order valence-electron chi connectivity index (χ2n) is 11.1. The molecule has 2 saturated carbocycles. The average Bonchev–Trinajstić information content (AvgIpc) is 3.40. The number of pyridine rings is 1. The number of carbonyl (C=O) groups excluding carboxylic acids is 2. The van der Waals surface area contributed by atoms with Crippen molar-refractivity contribution in [3.63, 3.8) is 0 Å². The number of esters is 1. The fraction of sp³-hybridized carbons (Fsp3) is 0.433. The molecule has 3 fully saturated rings. The third kappa shape index (κ3) is 5.24. The number of ether oxygens (including phenoxy) is 2.